The number of rotatable bonds is 5. The zero-order chi connectivity index (χ0) is 19.2. The third-order valence-electron chi connectivity index (χ3n) is 5.58. The van der Waals surface area contributed by atoms with Crippen molar-refractivity contribution in [1.82, 2.24) is 20.1 Å². The molecule has 6 nitrogen and oxygen atoms in total. The molecule has 0 bridgehead atoms. The first-order chi connectivity index (χ1) is 13.8. The summed E-state index contributed by atoms with van der Waals surface area (Å²) >= 11 is 0. The highest BCUT2D eigenvalue weighted by molar-refractivity contribution is 14.0. The largest absolute Gasteiger partial charge is 0.373 e. The van der Waals surface area contributed by atoms with Gasteiger partial charge in [0.2, 0.25) is 0 Å². The monoisotopic (exact) mass is 507 g/mol. The molecule has 2 fully saturated rings. The number of hydrogen-bond donors (Lipinski definition) is 1. The molecule has 156 valence electrons. The lowest BCUT2D eigenvalue weighted by atomic mass is 10.1. The minimum absolute atomic E-state index is 0. The van der Waals surface area contributed by atoms with Crippen LogP contribution in [0.2, 0.25) is 0 Å². The Balaban J connectivity index is 0.00000240. The molecule has 1 aromatic heterocycles. The van der Waals surface area contributed by atoms with E-state index in [0.29, 0.717) is 6.04 Å². The first-order valence-corrected chi connectivity index (χ1v) is 10.1. The number of nitrogens with zero attached hydrogens (tertiary/aromatic N) is 4. The van der Waals surface area contributed by atoms with Crippen LogP contribution in [0.25, 0.3) is 0 Å². The molecule has 2 unspecified atom stereocenters. The van der Waals surface area contributed by atoms with E-state index in [-0.39, 0.29) is 30.1 Å². The normalized spacial score (nSPS) is 22.1. The summed E-state index contributed by atoms with van der Waals surface area (Å²) in [5.74, 6) is 0.960. The summed E-state index contributed by atoms with van der Waals surface area (Å²) < 4.78 is 6.09. The Morgan fingerprint density at radius 2 is 2.00 bits per heavy atom. The third-order valence-corrected chi connectivity index (χ3v) is 5.58. The molecule has 29 heavy (non-hydrogen) atoms. The number of benzene rings is 1. The maximum Gasteiger partial charge on any atom is 0.193 e. The van der Waals surface area contributed by atoms with Crippen LogP contribution in [0.15, 0.2) is 59.9 Å². The molecule has 2 aliphatic heterocycles. The van der Waals surface area contributed by atoms with Crippen LogP contribution in [0.3, 0.4) is 0 Å². The SMILES string of the molecule is CN=C(NCCc1cccnc1)N1CC2OCCN(Cc3ccccc3)C2C1.I. The lowest BCUT2D eigenvalue weighted by molar-refractivity contribution is -0.0502. The third kappa shape index (κ3) is 5.67. The molecule has 2 atom stereocenters. The highest BCUT2D eigenvalue weighted by Gasteiger charge is 2.41. The molecule has 1 aromatic carbocycles. The molecule has 2 aromatic rings. The van der Waals surface area contributed by atoms with Gasteiger partial charge in [-0.15, -0.1) is 24.0 Å². The molecule has 7 heteroatoms. The van der Waals surface area contributed by atoms with E-state index in [1.807, 2.05) is 25.5 Å². The summed E-state index contributed by atoms with van der Waals surface area (Å²) in [7, 11) is 1.86. The fraction of sp³-hybridized carbons (Fsp3) is 0.455. The first-order valence-electron chi connectivity index (χ1n) is 10.1. The lowest BCUT2D eigenvalue weighted by Gasteiger charge is -2.36. The van der Waals surface area contributed by atoms with Gasteiger partial charge in [-0.1, -0.05) is 36.4 Å². The summed E-state index contributed by atoms with van der Waals surface area (Å²) in [6, 6.07) is 15.2. The van der Waals surface area contributed by atoms with Crippen molar-refractivity contribution in [1.29, 1.82) is 0 Å². The molecular weight excluding hydrogens is 477 g/mol. The Morgan fingerprint density at radius 1 is 1.17 bits per heavy atom. The average molecular weight is 507 g/mol. The summed E-state index contributed by atoms with van der Waals surface area (Å²) in [4.78, 5) is 13.6. The molecule has 0 saturated carbocycles. The van der Waals surface area contributed by atoms with Gasteiger partial charge in [-0.05, 0) is 23.6 Å². The topological polar surface area (TPSA) is 53.0 Å². The van der Waals surface area contributed by atoms with Gasteiger partial charge in [-0.3, -0.25) is 14.9 Å². The van der Waals surface area contributed by atoms with Crippen molar-refractivity contribution < 1.29 is 4.74 Å². The molecule has 2 saturated heterocycles. The fourth-order valence-corrected chi connectivity index (χ4v) is 4.14. The minimum Gasteiger partial charge on any atom is -0.373 e. The maximum atomic E-state index is 6.09. The van der Waals surface area contributed by atoms with Crippen molar-refractivity contribution >= 4 is 29.9 Å². The standard InChI is InChI=1S/C22H29N5O.HI/c1-23-22(25-11-9-18-8-5-10-24-14-18)27-16-20-21(17-27)28-13-12-26(20)15-19-6-3-2-4-7-19;/h2-8,10,14,20-21H,9,11-13,15-17H2,1H3,(H,23,25);1H. The number of pyridine rings is 1. The van der Waals surface area contributed by atoms with Gasteiger partial charge >= 0.3 is 0 Å². The second-order valence-electron chi connectivity index (χ2n) is 7.42. The number of guanidine groups is 1. The number of hydrogen-bond acceptors (Lipinski definition) is 4. The van der Waals surface area contributed by atoms with Crippen LogP contribution in [-0.4, -0.2) is 72.7 Å². The maximum absolute atomic E-state index is 6.09. The van der Waals surface area contributed by atoms with E-state index < -0.39 is 0 Å². The minimum atomic E-state index is 0. The number of nitrogens with one attached hydrogen (secondary N) is 1. The Labute approximate surface area is 190 Å². The zero-order valence-corrected chi connectivity index (χ0v) is 19.2. The molecule has 0 spiro atoms. The number of ether oxygens (including phenoxy) is 1. The van der Waals surface area contributed by atoms with Gasteiger partial charge in [0.15, 0.2) is 5.96 Å². The quantitative estimate of drug-likeness (QED) is 0.383. The first kappa shape index (κ1) is 22.0. The van der Waals surface area contributed by atoms with Crippen molar-refractivity contribution in [3.63, 3.8) is 0 Å². The van der Waals surface area contributed by atoms with Gasteiger partial charge in [0.25, 0.3) is 0 Å². The molecule has 1 N–H and O–H groups in total. The van der Waals surface area contributed by atoms with Crippen LogP contribution in [0, 0.1) is 0 Å². The Kier molecular flexibility index (Phi) is 8.26. The summed E-state index contributed by atoms with van der Waals surface area (Å²) in [5, 5.41) is 3.51. The molecule has 0 radical (unpaired) electrons. The van der Waals surface area contributed by atoms with Crippen molar-refractivity contribution in [2.24, 2.45) is 4.99 Å². The predicted octanol–water partition coefficient (Wildman–Crippen LogP) is 2.40. The van der Waals surface area contributed by atoms with E-state index in [2.05, 4.69) is 61.5 Å². The number of halogens is 1. The van der Waals surface area contributed by atoms with E-state index in [9.17, 15) is 0 Å². The van der Waals surface area contributed by atoms with Crippen LogP contribution in [0.5, 0.6) is 0 Å². The van der Waals surface area contributed by atoms with Gasteiger partial charge in [-0.2, -0.15) is 0 Å². The summed E-state index contributed by atoms with van der Waals surface area (Å²) in [5.41, 5.74) is 2.60. The van der Waals surface area contributed by atoms with E-state index in [1.54, 1.807) is 0 Å². The number of aliphatic imine (C=N–C) groups is 1. The highest BCUT2D eigenvalue weighted by atomic mass is 127. The number of morpholine rings is 1. The van der Waals surface area contributed by atoms with Crippen molar-refractivity contribution in [2.75, 3.05) is 39.8 Å². The summed E-state index contributed by atoms with van der Waals surface area (Å²) in [6.07, 6.45) is 4.91. The van der Waals surface area contributed by atoms with Gasteiger partial charge in [0.1, 0.15) is 0 Å². The number of aromatic nitrogens is 1. The summed E-state index contributed by atoms with van der Waals surface area (Å²) in [6.45, 7) is 5.45. The van der Waals surface area contributed by atoms with Crippen LogP contribution in [-0.2, 0) is 17.7 Å². The van der Waals surface area contributed by atoms with Crippen LogP contribution in [0.4, 0.5) is 0 Å². The Hall–Kier alpha value is -1.71. The molecule has 3 heterocycles. The van der Waals surface area contributed by atoms with Crippen LogP contribution < -0.4 is 5.32 Å². The molecule has 0 amide bonds. The zero-order valence-electron chi connectivity index (χ0n) is 16.9. The molecular formula is C22H30IN5O. The van der Waals surface area contributed by atoms with E-state index in [4.69, 9.17) is 4.74 Å². The fourth-order valence-electron chi connectivity index (χ4n) is 4.14. The Morgan fingerprint density at radius 3 is 2.76 bits per heavy atom. The molecule has 2 aliphatic rings. The van der Waals surface area contributed by atoms with Gasteiger partial charge in [0, 0.05) is 52.2 Å². The second kappa shape index (κ2) is 10.9. The smallest absolute Gasteiger partial charge is 0.193 e. The second-order valence-corrected chi connectivity index (χ2v) is 7.42. The predicted molar refractivity (Wildman–Crippen MR) is 127 cm³/mol. The highest BCUT2D eigenvalue weighted by Crippen LogP contribution is 2.24. The van der Waals surface area contributed by atoms with Crippen LogP contribution >= 0.6 is 24.0 Å². The van der Waals surface area contributed by atoms with Crippen molar-refractivity contribution in [3.8, 4) is 0 Å². The Bertz CT molecular complexity index is 773. The number of likely N-dealkylation sites (tertiary alicyclic amines) is 1. The average Bonchev–Trinajstić information content (AvgIpc) is 3.18. The lowest BCUT2D eigenvalue weighted by Crippen LogP contribution is -2.50. The molecule has 4 rings (SSSR count). The van der Waals surface area contributed by atoms with Gasteiger partial charge < -0.3 is 15.0 Å². The van der Waals surface area contributed by atoms with Gasteiger partial charge in [-0.25, -0.2) is 0 Å². The van der Waals surface area contributed by atoms with E-state index >= 15 is 0 Å². The van der Waals surface area contributed by atoms with Crippen molar-refractivity contribution in [3.05, 3.63) is 66.0 Å². The van der Waals surface area contributed by atoms with E-state index in [0.717, 1.165) is 51.7 Å². The molecule has 0 aliphatic carbocycles. The van der Waals surface area contributed by atoms with Crippen LogP contribution in [0.1, 0.15) is 11.1 Å². The van der Waals surface area contributed by atoms with Gasteiger partial charge in [0.05, 0.1) is 18.8 Å². The number of fused-ring (bicyclic) bond motifs is 1. The van der Waals surface area contributed by atoms with Crippen molar-refractivity contribution in [2.45, 2.75) is 25.1 Å². The van der Waals surface area contributed by atoms with E-state index in [1.165, 1.54) is 11.1 Å².